The van der Waals surface area contributed by atoms with Gasteiger partial charge < -0.3 is 16.8 Å². The van der Waals surface area contributed by atoms with Crippen molar-refractivity contribution in [3.63, 3.8) is 0 Å². The molecule has 0 aliphatic rings. The number of nitrogens with two attached hydrogens (primary N) is 2. The Morgan fingerprint density at radius 1 is 1.64 bits per heavy atom. The average Bonchev–Trinajstić information content (AvgIpc) is 2.01. The molecule has 1 atom stereocenters. The standard InChI is InChI=1S/C7H12N6O/c1-4(2-5(8)14)12-7-11-3-10-6(9)13-7/h3-4H,2H2,1H3,(H2,8,14)(H3,9,10,11,12,13). The van der Waals surface area contributed by atoms with Gasteiger partial charge in [0.25, 0.3) is 0 Å². The molecule has 0 radical (unpaired) electrons. The highest BCUT2D eigenvalue weighted by atomic mass is 16.1. The summed E-state index contributed by atoms with van der Waals surface area (Å²) >= 11 is 0. The normalized spacial score (nSPS) is 12.1. The molecule has 0 aliphatic heterocycles. The van der Waals surface area contributed by atoms with Crippen molar-refractivity contribution in [1.82, 2.24) is 15.0 Å². The zero-order chi connectivity index (χ0) is 10.6. The smallest absolute Gasteiger partial charge is 0.227 e. The lowest BCUT2D eigenvalue weighted by Gasteiger charge is -2.10. The van der Waals surface area contributed by atoms with E-state index in [0.717, 1.165) is 0 Å². The highest BCUT2D eigenvalue weighted by Crippen LogP contribution is 2.02. The Kier molecular flexibility index (Phi) is 3.16. The van der Waals surface area contributed by atoms with Gasteiger partial charge in [0.2, 0.25) is 17.8 Å². The lowest BCUT2D eigenvalue weighted by atomic mass is 10.2. The van der Waals surface area contributed by atoms with Gasteiger partial charge in [-0.3, -0.25) is 4.79 Å². The van der Waals surface area contributed by atoms with Crippen molar-refractivity contribution in [2.45, 2.75) is 19.4 Å². The van der Waals surface area contributed by atoms with Crippen LogP contribution >= 0.6 is 0 Å². The second-order valence-corrected chi connectivity index (χ2v) is 2.88. The molecule has 0 fully saturated rings. The molecule has 1 rings (SSSR count). The van der Waals surface area contributed by atoms with Gasteiger partial charge in [0.05, 0.1) is 0 Å². The number of hydrogen-bond acceptors (Lipinski definition) is 6. The van der Waals surface area contributed by atoms with E-state index in [0.29, 0.717) is 5.95 Å². The number of aromatic nitrogens is 3. The molecule has 7 heteroatoms. The first-order valence-corrected chi connectivity index (χ1v) is 4.07. The van der Waals surface area contributed by atoms with Crippen LogP contribution in [0.2, 0.25) is 0 Å². The van der Waals surface area contributed by atoms with Crippen LogP contribution in [0.1, 0.15) is 13.3 Å². The summed E-state index contributed by atoms with van der Waals surface area (Å²) in [4.78, 5) is 21.8. The minimum atomic E-state index is -0.382. The first-order valence-electron chi connectivity index (χ1n) is 4.07. The third-order valence-corrected chi connectivity index (χ3v) is 1.47. The van der Waals surface area contributed by atoms with Crippen LogP contribution in [0.5, 0.6) is 0 Å². The second-order valence-electron chi connectivity index (χ2n) is 2.88. The van der Waals surface area contributed by atoms with Crippen molar-refractivity contribution in [3.05, 3.63) is 6.33 Å². The number of carbonyl (C=O) groups excluding carboxylic acids is 1. The molecule has 1 aromatic rings. The lowest BCUT2D eigenvalue weighted by Crippen LogP contribution is -2.25. The van der Waals surface area contributed by atoms with E-state index in [1.165, 1.54) is 6.33 Å². The molecule has 7 nitrogen and oxygen atoms in total. The maximum absolute atomic E-state index is 10.6. The van der Waals surface area contributed by atoms with E-state index in [4.69, 9.17) is 11.5 Å². The van der Waals surface area contributed by atoms with Gasteiger partial charge in [0, 0.05) is 12.5 Å². The number of primary amides is 1. The molecule has 0 spiro atoms. The molecule has 1 amide bonds. The Morgan fingerprint density at radius 2 is 2.36 bits per heavy atom. The van der Waals surface area contributed by atoms with Crippen molar-refractivity contribution in [3.8, 4) is 0 Å². The summed E-state index contributed by atoms with van der Waals surface area (Å²) in [5.74, 6) is 0.0899. The molecule has 0 aromatic carbocycles. The summed E-state index contributed by atoms with van der Waals surface area (Å²) in [6.07, 6.45) is 1.51. The summed E-state index contributed by atoms with van der Waals surface area (Å²) < 4.78 is 0. The Balaban J connectivity index is 2.55. The average molecular weight is 196 g/mol. The number of rotatable bonds is 4. The van der Waals surface area contributed by atoms with Gasteiger partial charge in [-0.2, -0.15) is 4.98 Å². The van der Waals surface area contributed by atoms with Crippen LogP contribution in [0.25, 0.3) is 0 Å². The van der Waals surface area contributed by atoms with Crippen molar-refractivity contribution in [1.29, 1.82) is 0 Å². The van der Waals surface area contributed by atoms with Gasteiger partial charge >= 0.3 is 0 Å². The monoisotopic (exact) mass is 196 g/mol. The summed E-state index contributed by atoms with van der Waals surface area (Å²) in [6.45, 7) is 1.80. The third-order valence-electron chi connectivity index (χ3n) is 1.47. The van der Waals surface area contributed by atoms with Gasteiger partial charge in [-0.15, -0.1) is 0 Å². The van der Waals surface area contributed by atoms with Crippen LogP contribution in [-0.2, 0) is 4.79 Å². The molecule has 76 valence electrons. The van der Waals surface area contributed by atoms with Crippen LogP contribution in [-0.4, -0.2) is 26.9 Å². The van der Waals surface area contributed by atoms with Crippen LogP contribution in [0.3, 0.4) is 0 Å². The maximum atomic E-state index is 10.6. The van der Waals surface area contributed by atoms with Crippen LogP contribution in [0, 0.1) is 0 Å². The molecule has 14 heavy (non-hydrogen) atoms. The maximum Gasteiger partial charge on any atom is 0.227 e. The van der Waals surface area contributed by atoms with Crippen molar-refractivity contribution >= 4 is 17.8 Å². The highest BCUT2D eigenvalue weighted by Gasteiger charge is 2.07. The fourth-order valence-corrected chi connectivity index (χ4v) is 0.952. The minimum Gasteiger partial charge on any atom is -0.370 e. The number of hydrogen-bond donors (Lipinski definition) is 3. The zero-order valence-corrected chi connectivity index (χ0v) is 7.77. The van der Waals surface area contributed by atoms with Crippen LogP contribution < -0.4 is 16.8 Å². The number of nitrogens with one attached hydrogen (secondary N) is 1. The van der Waals surface area contributed by atoms with Crippen LogP contribution in [0.4, 0.5) is 11.9 Å². The van der Waals surface area contributed by atoms with Gasteiger partial charge in [-0.05, 0) is 6.92 Å². The van der Waals surface area contributed by atoms with E-state index in [-0.39, 0.29) is 24.3 Å². The minimum absolute atomic E-state index is 0.130. The third kappa shape index (κ3) is 3.21. The topological polar surface area (TPSA) is 120 Å². The SMILES string of the molecule is CC(CC(N)=O)Nc1ncnc(N)n1. The summed E-state index contributed by atoms with van der Waals surface area (Å²) in [6, 6.07) is -0.130. The number of nitrogen functional groups attached to an aromatic ring is 1. The van der Waals surface area contributed by atoms with Gasteiger partial charge in [0.15, 0.2) is 0 Å². The fourth-order valence-electron chi connectivity index (χ4n) is 0.952. The number of amides is 1. The highest BCUT2D eigenvalue weighted by molar-refractivity contribution is 5.74. The molecule has 0 aliphatic carbocycles. The first-order chi connectivity index (χ1) is 6.58. The molecule has 1 aromatic heterocycles. The molecular formula is C7H12N6O. The van der Waals surface area contributed by atoms with E-state index < -0.39 is 0 Å². The van der Waals surface area contributed by atoms with E-state index in [9.17, 15) is 4.79 Å². The van der Waals surface area contributed by atoms with Crippen molar-refractivity contribution in [2.24, 2.45) is 5.73 Å². The number of carbonyl (C=O) groups is 1. The van der Waals surface area contributed by atoms with E-state index in [2.05, 4.69) is 20.3 Å². The van der Waals surface area contributed by atoms with Gasteiger partial charge in [0.1, 0.15) is 6.33 Å². The predicted molar refractivity (Wildman–Crippen MR) is 51.1 cm³/mol. The largest absolute Gasteiger partial charge is 0.370 e. The molecule has 5 N–H and O–H groups in total. The Hall–Kier alpha value is -1.92. The van der Waals surface area contributed by atoms with Gasteiger partial charge in [-0.1, -0.05) is 0 Å². The number of anilines is 2. The van der Waals surface area contributed by atoms with E-state index in [1.807, 2.05) is 0 Å². The Morgan fingerprint density at radius 3 is 2.93 bits per heavy atom. The Labute approximate surface area is 80.9 Å². The molecule has 0 saturated carbocycles. The summed E-state index contributed by atoms with van der Waals surface area (Å²) in [7, 11) is 0. The Bertz CT molecular complexity index is 328. The van der Waals surface area contributed by atoms with Crippen molar-refractivity contribution in [2.75, 3.05) is 11.1 Å². The molecular weight excluding hydrogens is 184 g/mol. The van der Waals surface area contributed by atoms with E-state index in [1.54, 1.807) is 6.92 Å². The second kappa shape index (κ2) is 4.35. The van der Waals surface area contributed by atoms with Gasteiger partial charge in [-0.25, -0.2) is 9.97 Å². The van der Waals surface area contributed by atoms with E-state index >= 15 is 0 Å². The quantitative estimate of drug-likeness (QED) is 0.575. The zero-order valence-electron chi connectivity index (χ0n) is 7.77. The summed E-state index contributed by atoms with van der Waals surface area (Å²) in [5, 5.41) is 2.87. The summed E-state index contributed by atoms with van der Waals surface area (Å²) in [5.41, 5.74) is 10.4. The fraction of sp³-hybridized carbons (Fsp3) is 0.429. The molecule has 1 heterocycles. The van der Waals surface area contributed by atoms with Crippen LogP contribution in [0.15, 0.2) is 6.33 Å². The molecule has 0 bridgehead atoms. The molecule has 1 unspecified atom stereocenters. The van der Waals surface area contributed by atoms with Crippen molar-refractivity contribution < 1.29 is 4.79 Å². The first kappa shape index (κ1) is 10.2. The molecule has 0 saturated heterocycles. The number of nitrogens with zero attached hydrogens (tertiary/aromatic N) is 3. The predicted octanol–water partition coefficient (Wildman–Crippen LogP) is -0.870. The lowest BCUT2D eigenvalue weighted by molar-refractivity contribution is -0.118.